The number of pyridine rings is 2. The maximum Gasteiger partial charge on any atom is 0.221 e. The van der Waals surface area contributed by atoms with Crippen LogP contribution >= 0.6 is 12.2 Å². The maximum atomic E-state index is 11.5. The van der Waals surface area contributed by atoms with Gasteiger partial charge in [0.15, 0.2) is 5.11 Å². The molecule has 0 spiro atoms. The summed E-state index contributed by atoms with van der Waals surface area (Å²) in [5, 5.41) is 6.99. The molecule has 0 bridgehead atoms. The molecule has 0 unspecified atom stereocenters. The highest BCUT2D eigenvalue weighted by Gasteiger charge is 2.42. The average Bonchev–Trinajstić information content (AvgIpc) is 3.36. The molecule has 1 amide bonds. The van der Waals surface area contributed by atoms with Crippen molar-refractivity contribution in [3.05, 3.63) is 107 Å². The van der Waals surface area contributed by atoms with Crippen LogP contribution in [0.5, 0.6) is 0 Å². The fourth-order valence-electron chi connectivity index (χ4n) is 4.90. The lowest BCUT2D eigenvalue weighted by Gasteiger charge is -2.28. The first-order valence-electron chi connectivity index (χ1n) is 11.9. The molecule has 0 radical (unpaired) electrons. The molecule has 1 aliphatic rings. The minimum Gasteiger partial charge on any atom is -0.351 e. The molecule has 5 rings (SSSR count). The van der Waals surface area contributed by atoms with Crippen LogP contribution in [0, 0.1) is 13.8 Å². The number of hydrogen-bond donors (Lipinski definition) is 2. The number of amides is 1. The van der Waals surface area contributed by atoms with Gasteiger partial charge in [0.2, 0.25) is 5.91 Å². The first kappa shape index (κ1) is 23.7. The van der Waals surface area contributed by atoms with E-state index in [0.29, 0.717) is 5.11 Å². The second-order valence-corrected chi connectivity index (χ2v) is 9.39. The molecule has 4 aromatic rings. The minimum absolute atomic E-state index is 0.102. The standard InChI is InChI=1S/C28H28N6OS/c1-18-15-24(19(2)33(18)17-21-7-6-13-29-16-21)27-26(25-8-4-5-14-30-25)32-28(36)34(27)23-11-9-22(10-12-23)31-20(3)35/h4-16,26-27H,17H2,1-3H3,(H,31,35)(H,32,36)/t26-,27-/m1/s1. The summed E-state index contributed by atoms with van der Waals surface area (Å²) in [6, 6.07) is 19.8. The van der Waals surface area contributed by atoms with E-state index >= 15 is 0 Å². The Morgan fingerprint density at radius 2 is 1.89 bits per heavy atom. The average molecular weight is 497 g/mol. The number of aryl methyl sites for hydroxylation is 1. The zero-order valence-electron chi connectivity index (χ0n) is 20.5. The van der Waals surface area contributed by atoms with Gasteiger partial charge in [-0.2, -0.15) is 0 Å². The quantitative estimate of drug-likeness (QED) is 0.363. The number of nitrogens with one attached hydrogen (secondary N) is 2. The number of hydrogen-bond acceptors (Lipinski definition) is 4. The molecule has 8 heteroatoms. The molecule has 0 saturated carbocycles. The molecule has 182 valence electrons. The first-order chi connectivity index (χ1) is 17.4. The van der Waals surface area contributed by atoms with E-state index in [1.165, 1.54) is 23.9 Å². The van der Waals surface area contributed by atoms with E-state index in [9.17, 15) is 4.79 Å². The fraction of sp³-hybridized carbons (Fsp3) is 0.214. The van der Waals surface area contributed by atoms with Crippen molar-refractivity contribution in [2.45, 2.75) is 39.4 Å². The summed E-state index contributed by atoms with van der Waals surface area (Å²) in [5.41, 5.74) is 7.31. The van der Waals surface area contributed by atoms with E-state index < -0.39 is 0 Å². The molecule has 0 aliphatic carbocycles. The van der Waals surface area contributed by atoms with Gasteiger partial charge >= 0.3 is 0 Å². The van der Waals surface area contributed by atoms with Crippen molar-refractivity contribution in [3.8, 4) is 0 Å². The molecule has 1 saturated heterocycles. The molecular formula is C28H28N6OS. The number of nitrogens with zero attached hydrogens (tertiary/aromatic N) is 4. The number of anilines is 2. The van der Waals surface area contributed by atoms with E-state index in [4.69, 9.17) is 12.2 Å². The molecule has 1 fully saturated rings. The Balaban J connectivity index is 1.58. The van der Waals surface area contributed by atoms with E-state index in [-0.39, 0.29) is 18.0 Å². The van der Waals surface area contributed by atoms with Gasteiger partial charge in [-0.3, -0.25) is 14.8 Å². The van der Waals surface area contributed by atoms with Crippen LogP contribution < -0.4 is 15.5 Å². The van der Waals surface area contributed by atoms with Crippen LogP contribution in [-0.2, 0) is 11.3 Å². The minimum atomic E-state index is -0.124. The highest BCUT2D eigenvalue weighted by Crippen LogP contribution is 2.43. The van der Waals surface area contributed by atoms with Gasteiger partial charge in [-0.15, -0.1) is 0 Å². The molecule has 2 N–H and O–H groups in total. The van der Waals surface area contributed by atoms with Gasteiger partial charge in [0.05, 0.1) is 17.8 Å². The largest absolute Gasteiger partial charge is 0.351 e. The third kappa shape index (κ3) is 4.59. The van der Waals surface area contributed by atoms with E-state index in [1.54, 1.807) is 6.20 Å². The molecule has 2 atom stereocenters. The van der Waals surface area contributed by atoms with Crippen molar-refractivity contribution in [1.29, 1.82) is 0 Å². The van der Waals surface area contributed by atoms with E-state index in [0.717, 1.165) is 29.2 Å². The van der Waals surface area contributed by atoms with Crippen molar-refractivity contribution in [1.82, 2.24) is 19.9 Å². The lowest BCUT2D eigenvalue weighted by Crippen LogP contribution is -2.29. The van der Waals surface area contributed by atoms with Crippen molar-refractivity contribution in [3.63, 3.8) is 0 Å². The Labute approximate surface area is 216 Å². The Morgan fingerprint density at radius 1 is 1.08 bits per heavy atom. The molecule has 4 heterocycles. The summed E-state index contributed by atoms with van der Waals surface area (Å²) in [6.45, 7) is 6.54. The van der Waals surface area contributed by atoms with E-state index in [1.807, 2.05) is 60.9 Å². The number of carbonyl (C=O) groups excluding carboxylic acids is 1. The highest BCUT2D eigenvalue weighted by molar-refractivity contribution is 7.80. The Hall–Kier alpha value is -4.04. The summed E-state index contributed by atoms with van der Waals surface area (Å²) >= 11 is 5.87. The van der Waals surface area contributed by atoms with Gasteiger partial charge in [0.1, 0.15) is 0 Å². The summed E-state index contributed by atoms with van der Waals surface area (Å²) in [7, 11) is 0. The van der Waals surface area contributed by atoms with Crippen molar-refractivity contribution in [2.75, 3.05) is 10.2 Å². The third-order valence-corrected chi connectivity index (χ3v) is 6.87. The van der Waals surface area contributed by atoms with Crippen LogP contribution in [-0.4, -0.2) is 25.6 Å². The Bertz CT molecular complexity index is 1390. The van der Waals surface area contributed by atoms with Crippen LogP contribution in [0.25, 0.3) is 0 Å². The predicted molar refractivity (Wildman–Crippen MR) is 146 cm³/mol. The smallest absolute Gasteiger partial charge is 0.221 e. The molecule has 1 aliphatic heterocycles. The highest BCUT2D eigenvalue weighted by atomic mass is 32.1. The van der Waals surface area contributed by atoms with Crippen molar-refractivity contribution < 1.29 is 4.79 Å². The van der Waals surface area contributed by atoms with Crippen LogP contribution in [0.3, 0.4) is 0 Å². The normalized spacial score (nSPS) is 17.2. The molecule has 7 nitrogen and oxygen atoms in total. The van der Waals surface area contributed by atoms with E-state index in [2.05, 4.69) is 56.0 Å². The van der Waals surface area contributed by atoms with Crippen LogP contribution in [0.2, 0.25) is 0 Å². The molecule has 36 heavy (non-hydrogen) atoms. The lowest BCUT2D eigenvalue weighted by atomic mass is 9.96. The summed E-state index contributed by atoms with van der Waals surface area (Å²) in [4.78, 5) is 22.6. The lowest BCUT2D eigenvalue weighted by molar-refractivity contribution is -0.114. The number of carbonyl (C=O) groups is 1. The fourth-order valence-corrected chi connectivity index (χ4v) is 5.25. The van der Waals surface area contributed by atoms with Crippen LogP contribution in [0.4, 0.5) is 11.4 Å². The van der Waals surface area contributed by atoms with Gasteiger partial charge < -0.3 is 20.1 Å². The van der Waals surface area contributed by atoms with Crippen molar-refractivity contribution >= 4 is 34.6 Å². The predicted octanol–water partition coefficient (Wildman–Crippen LogP) is 5.08. The molecular weight excluding hydrogens is 468 g/mol. The first-order valence-corrected chi connectivity index (χ1v) is 12.3. The van der Waals surface area contributed by atoms with Gasteiger partial charge in [-0.25, -0.2) is 0 Å². The summed E-state index contributed by atoms with van der Waals surface area (Å²) in [6.07, 6.45) is 5.51. The zero-order valence-corrected chi connectivity index (χ0v) is 21.3. The number of aromatic nitrogens is 3. The number of benzene rings is 1. The maximum absolute atomic E-state index is 11.5. The summed E-state index contributed by atoms with van der Waals surface area (Å²) in [5.74, 6) is -0.102. The number of thiocarbonyl (C=S) groups is 1. The molecule has 3 aromatic heterocycles. The van der Waals surface area contributed by atoms with Crippen molar-refractivity contribution in [2.24, 2.45) is 0 Å². The SMILES string of the molecule is CC(=O)Nc1ccc(N2C(=S)N[C@H](c3ccccn3)[C@H]2c2cc(C)n(Cc3cccnc3)c2C)cc1. The Kier molecular flexibility index (Phi) is 6.52. The monoisotopic (exact) mass is 496 g/mol. The van der Waals surface area contributed by atoms with Gasteiger partial charge in [0, 0.05) is 54.8 Å². The Morgan fingerprint density at radius 3 is 2.56 bits per heavy atom. The van der Waals surface area contributed by atoms with Gasteiger partial charge in [-0.05, 0) is 85.7 Å². The number of rotatable bonds is 6. The summed E-state index contributed by atoms with van der Waals surface area (Å²) < 4.78 is 2.32. The van der Waals surface area contributed by atoms with Gasteiger partial charge in [0.25, 0.3) is 0 Å². The topological polar surface area (TPSA) is 75.1 Å². The van der Waals surface area contributed by atoms with Crippen LogP contribution in [0.1, 0.15) is 47.2 Å². The van der Waals surface area contributed by atoms with Crippen LogP contribution in [0.15, 0.2) is 79.3 Å². The second-order valence-electron chi connectivity index (χ2n) is 9.00. The molecule has 1 aromatic carbocycles. The third-order valence-electron chi connectivity index (χ3n) is 6.56. The van der Waals surface area contributed by atoms with Gasteiger partial charge in [-0.1, -0.05) is 12.1 Å². The zero-order chi connectivity index (χ0) is 25.2. The second kappa shape index (κ2) is 9.91.